The van der Waals surface area contributed by atoms with Crippen LogP contribution in [-0.2, 0) is 6.54 Å². The molecule has 1 aromatic heterocycles. The molecular formula is C31H41N7O. The highest BCUT2D eigenvalue weighted by molar-refractivity contribution is 5.66. The van der Waals surface area contributed by atoms with Gasteiger partial charge in [0, 0.05) is 61.0 Å². The third-order valence-corrected chi connectivity index (χ3v) is 8.64. The van der Waals surface area contributed by atoms with Gasteiger partial charge in [0.05, 0.1) is 6.54 Å². The Balaban J connectivity index is 1.28. The van der Waals surface area contributed by atoms with Crippen LogP contribution >= 0.6 is 0 Å². The molecule has 2 aromatic carbocycles. The second kappa shape index (κ2) is 11.0. The van der Waals surface area contributed by atoms with E-state index in [1.54, 1.807) is 0 Å². The molecule has 0 spiro atoms. The average molecular weight is 528 g/mol. The maximum atomic E-state index is 11.8. The zero-order valence-electron chi connectivity index (χ0n) is 23.5. The molecule has 3 aromatic rings. The molecule has 2 N–H and O–H groups in total. The van der Waals surface area contributed by atoms with Crippen molar-refractivity contribution >= 4 is 28.8 Å². The summed E-state index contributed by atoms with van der Waals surface area (Å²) in [4.78, 5) is 18.8. The molecule has 2 fully saturated rings. The molecule has 3 heterocycles. The smallest absolute Gasteiger partial charge is 0.229 e. The minimum absolute atomic E-state index is 0.255. The minimum Gasteiger partial charge on any atom is -0.369 e. The zero-order valence-corrected chi connectivity index (χ0v) is 23.5. The highest BCUT2D eigenvalue weighted by Gasteiger charge is 2.38. The second-order valence-corrected chi connectivity index (χ2v) is 11.4. The van der Waals surface area contributed by atoms with Gasteiger partial charge in [0.2, 0.25) is 12.3 Å². The lowest BCUT2D eigenvalue weighted by Gasteiger charge is -2.48. The van der Waals surface area contributed by atoms with Crippen LogP contribution in [0, 0.1) is 13.8 Å². The van der Waals surface area contributed by atoms with Crippen molar-refractivity contribution in [3.8, 4) is 0 Å². The van der Waals surface area contributed by atoms with E-state index in [9.17, 15) is 5.11 Å². The van der Waals surface area contributed by atoms with E-state index in [2.05, 4.69) is 88.3 Å². The van der Waals surface area contributed by atoms with E-state index in [1.165, 1.54) is 36.1 Å². The number of anilines is 5. The first-order valence-corrected chi connectivity index (χ1v) is 14.4. The first kappa shape index (κ1) is 25.9. The lowest BCUT2D eigenvalue weighted by atomic mass is 9.93. The van der Waals surface area contributed by atoms with E-state index in [-0.39, 0.29) is 6.04 Å². The monoisotopic (exact) mass is 527 g/mol. The summed E-state index contributed by atoms with van der Waals surface area (Å²) < 4.78 is 0. The first-order valence-electron chi connectivity index (χ1n) is 14.4. The molecule has 206 valence electrons. The number of aliphatic hydroxyl groups excluding tert-OH is 1. The summed E-state index contributed by atoms with van der Waals surface area (Å²) in [6.07, 6.45) is 6.92. The Kier molecular flexibility index (Phi) is 7.32. The summed E-state index contributed by atoms with van der Waals surface area (Å²) in [6.45, 7) is 9.10. The molecule has 1 atom stereocenters. The summed E-state index contributed by atoms with van der Waals surface area (Å²) in [5.41, 5.74) is 6.69. The van der Waals surface area contributed by atoms with E-state index < -0.39 is 6.35 Å². The van der Waals surface area contributed by atoms with Crippen molar-refractivity contribution in [2.24, 2.45) is 0 Å². The molecular weight excluding hydrogens is 486 g/mol. The van der Waals surface area contributed by atoms with Crippen LogP contribution in [0.5, 0.6) is 0 Å². The molecule has 8 nitrogen and oxygen atoms in total. The van der Waals surface area contributed by atoms with E-state index >= 15 is 0 Å². The Morgan fingerprint density at radius 3 is 2.28 bits per heavy atom. The van der Waals surface area contributed by atoms with Crippen molar-refractivity contribution in [2.45, 2.75) is 64.9 Å². The van der Waals surface area contributed by atoms with Crippen LogP contribution in [-0.4, -0.2) is 65.6 Å². The van der Waals surface area contributed by atoms with Gasteiger partial charge in [-0.25, -0.2) is 4.98 Å². The van der Waals surface area contributed by atoms with Gasteiger partial charge in [0.1, 0.15) is 5.82 Å². The van der Waals surface area contributed by atoms with Gasteiger partial charge in [-0.2, -0.15) is 4.98 Å². The first-order chi connectivity index (χ1) is 19.0. The Hall–Kier alpha value is -3.36. The quantitative estimate of drug-likeness (QED) is 0.479. The number of fused-ring (bicyclic) bond motifs is 1. The van der Waals surface area contributed by atoms with Gasteiger partial charge >= 0.3 is 0 Å². The predicted octanol–water partition coefficient (Wildman–Crippen LogP) is 5.02. The number of rotatable bonds is 5. The molecule has 1 unspecified atom stereocenters. The molecule has 39 heavy (non-hydrogen) atoms. The standard InChI is InChI=1S/C31H41N7O/c1-22-8-7-9-23(2)28(22)37-21-24-20-32-30(34-29(24)38(31(37)39)27-10-5-4-6-11-27)33-25-12-14-26(15-13-25)36-18-16-35(3)17-19-36/h7-9,12-15,20,27,31,39H,4-6,10-11,16-19,21H2,1-3H3,(H,32,33,34). The number of aliphatic hydroxyl groups is 1. The lowest BCUT2D eigenvalue weighted by Crippen LogP contribution is -2.57. The SMILES string of the molecule is Cc1cccc(C)c1N1Cc2cnc(Nc3ccc(N4CCN(C)CC4)cc3)nc2N(C2CCCCC2)C1O. The fraction of sp³-hybridized carbons (Fsp3) is 0.484. The molecule has 0 bridgehead atoms. The lowest BCUT2D eigenvalue weighted by molar-refractivity contribution is 0.135. The maximum Gasteiger partial charge on any atom is 0.229 e. The van der Waals surface area contributed by atoms with Crippen molar-refractivity contribution in [1.82, 2.24) is 14.9 Å². The molecule has 6 rings (SSSR count). The molecule has 2 aliphatic heterocycles. The third-order valence-electron chi connectivity index (χ3n) is 8.64. The number of hydrogen-bond acceptors (Lipinski definition) is 8. The highest BCUT2D eigenvalue weighted by Crippen LogP contribution is 2.39. The molecule has 3 aliphatic rings. The Morgan fingerprint density at radius 1 is 0.897 bits per heavy atom. The number of likely N-dealkylation sites (N-methyl/N-ethyl adjacent to an activating group) is 1. The summed E-state index contributed by atoms with van der Waals surface area (Å²) in [6, 6.07) is 15.1. The molecule has 1 saturated heterocycles. The van der Waals surface area contributed by atoms with Gasteiger partial charge in [0.25, 0.3) is 0 Å². The van der Waals surface area contributed by atoms with Gasteiger partial charge < -0.3 is 30.0 Å². The van der Waals surface area contributed by atoms with Crippen molar-refractivity contribution < 1.29 is 5.11 Å². The highest BCUT2D eigenvalue weighted by atomic mass is 16.3. The normalized spacial score (nSPS) is 20.7. The largest absolute Gasteiger partial charge is 0.369 e. The van der Waals surface area contributed by atoms with Gasteiger partial charge in [-0.05, 0) is 69.1 Å². The molecule has 0 radical (unpaired) electrons. The Labute approximate surface area is 232 Å². The van der Waals surface area contributed by atoms with Crippen LogP contribution in [0.15, 0.2) is 48.7 Å². The van der Waals surface area contributed by atoms with Gasteiger partial charge in [-0.3, -0.25) is 0 Å². The fourth-order valence-electron chi connectivity index (χ4n) is 6.44. The van der Waals surface area contributed by atoms with Gasteiger partial charge in [-0.15, -0.1) is 0 Å². The van der Waals surface area contributed by atoms with Crippen LogP contribution in [0.1, 0.15) is 48.8 Å². The Morgan fingerprint density at radius 2 is 1.59 bits per heavy atom. The van der Waals surface area contributed by atoms with Crippen LogP contribution < -0.4 is 20.0 Å². The Bertz CT molecular complexity index is 1260. The summed E-state index contributed by atoms with van der Waals surface area (Å²) >= 11 is 0. The summed E-state index contributed by atoms with van der Waals surface area (Å²) in [5.74, 6) is 1.41. The second-order valence-electron chi connectivity index (χ2n) is 11.4. The van der Waals surface area contributed by atoms with Gasteiger partial charge in [-0.1, -0.05) is 37.5 Å². The van der Waals surface area contributed by atoms with Crippen LogP contribution in [0.4, 0.5) is 28.8 Å². The minimum atomic E-state index is -0.772. The third kappa shape index (κ3) is 5.28. The molecule has 1 saturated carbocycles. The molecule has 1 aliphatic carbocycles. The number of aryl methyl sites for hydroxylation is 2. The fourth-order valence-corrected chi connectivity index (χ4v) is 6.44. The summed E-state index contributed by atoms with van der Waals surface area (Å²) in [5, 5.41) is 15.3. The van der Waals surface area contributed by atoms with E-state index in [1.807, 2.05) is 6.20 Å². The van der Waals surface area contributed by atoms with Gasteiger partial charge in [0.15, 0.2) is 0 Å². The molecule has 0 amide bonds. The van der Waals surface area contributed by atoms with Crippen molar-refractivity contribution in [1.29, 1.82) is 0 Å². The van der Waals surface area contributed by atoms with Crippen LogP contribution in [0.3, 0.4) is 0 Å². The average Bonchev–Trinajstić information content (AvgIpc) is 2.95. The van der Waals surface area contributed by atoms with E-state index in [0.29, 0.717) is 12.5 Å². The van der Waals surface area contributed by atoms with Crippen molar-refractivity contribution in [3.05, 3.63) is 65.4 Å². The number of nitrogens with one attached hydrogen (secondary N) is 1. The van der Waals surface area contributed by atoms with Crippen molar-refractivity contribution in [3.63, 3.8) is 0 Å². The predicted molar refractivity (Wildman–Crippen MR) is 159 cm³/mol. The molecule has 8 heteroatoms. The maximum absolute atomic E-state index is 11.8. The van der Waals surface area contributed by atoms with E-state index in [0.717, 1.165) is 61.8 Å². The number of piperazine rings is 1. The van der Waals surface area contributed by atoms with Crippen LogP contribution in [0.2, 0.25) is 0 Å². The zero-order chi connectivity index (χ0) is 26.9. The number of hydrogen-bond donors (Lipinski definition) is 2. The number of para-hydroxylation sites is 1. The topological polar surface area (TPSA) is 71.0 Å². The van der Waals surface area contributed by atoms with Crippen molar-refractivity contribution in [2.75, 3.05) is 53.2 Å². The number of aromatic nitrogens is 2. The number of benzene rings is 2. The number of nitrogens with zero attached hydrogens (tertiary/aromatic N) is 6. The summed E-state index contributed by atoms with van der Waals surface area (Å²) in [7, 11) is 2.18. The van der Waals surface area contributed by atoms with Crippen LogP contribution in [0.25, 0.3) is 0 Å². The van der Waals surface area contributed by atoms with E-state index in [4.69, 9.17) is 9.97 Å².